The lowest BCUT2D eigenvalue weighted by Gasteiger charge is -2.15. The number of imide groups is 1. The smallest absolute Gasteiger partial charge is 0.321 e. The quantitative estimate of drug-likeness (QED) is 0.691. The number of halogens is 1. The molecule has 1 aliphatic rings. The number of urea groups is 1. The zero-order chi connectivity index (χ0) is 20.1. The summed E-state index contributed by atoms with van der Waals surface area (Å²) in [7, 11) is 0. The number of carbonyl (C=O) groups is 2. The highest BCUT2D eigenvalue weighted by atomic mass is 35.5. The number of amides is 3. The van der Waals surface area contributed by atoms with Crippen LogP contribution in [0.3, 0.4) is 0 Å². The molecule has 3 rings (SSSR count). The van der Waals surface area contributed by atoms with Crippen LogP contribution in [0.2, 0.25) is 5.02 Å². The van der Waals surface area contributed by atoms with E-state index >= 15 is 0 Å². The first-order valence-corrected chi connectivity index (χ1v) is 10.7. The second-order valence-electron chi connectivity index (χ2n) is 6.76. The number of hydrogen-bond donors (Lipinski definition) is 2. The Morgan fingerprint density at radius 3 is 2.75 bits per heavy atom. The second-order valence-corrected chi connectivity index (χ2v) is 8.51. The summed E-state index contributed by atoms with van der Waals surface area (Å²) in [6.07, 6.45) is 4.18. The second kappa shape index (κ2) is 9.43. The van der Waals surface area contributed by atoms with Gasteiger partial charge in [0.25, 0.3) is 0 Å². The zero-order valence-corrected chi connectivity index (χ0v) is 17.5. The van der Waals surface area contributed by atoms with Crippen molar-refractivity contribution in [3.05, 3.63) is 29.3 Å². The number of thioether (sulfide) groups is 1. The van der Waals surface area contributed by atoms with E-state index in [1.807, 2.05) is 29.7 Å². The fraction of sp³-hybridized carbons (Fsp3) is 0.474. The highest BCUT2D eigenvalue weighted by Gasteiger charge is 2.23. The first-order valence-electron chi connectivity index (χ1n) is 9.45. The van der Waals surface area contributed by atoms with Gasteiger partial charge in [-0.15, -0.1) is 10.2 Å². The van der Waals surface area contributed by atoms with Crippen LogP contribution in [0.15, 0.2) is 29.4 Å². The molecule has 0 unspecified atom stereocenters. The lowest BCUT2D eigenvalue weighted by atomic mass is 10.2. The van der Waals surface area contributed by atoms with E-state index in [-0.39, 0.29) is 11.9 Å². The van der Waals surface area contributed by atoms with Crippen LogP contribution in [0, 0.1) is 0 Å². The molecule has 1 aliphatic carbocycles. The Kier molecular flexibility index (Phi) is 6.96. The minimum atomic E-state index is -0.490. The molecule has 3 amide bonds. The first-order chi connectivity index (χ1) is 13.5. The molecule has 1 saturated carbocycles. The molecular formula is C19H24ClN5O2S. The Morgan fingerprint density at radius 2 is 2.07 bits per heavy atom. The monoisotopic (exact) mass is 421 g/mol. The Bertz CT molecular complexity index is 851. The normalized spacial score (nSPS) is 15.4. The van der Waals surface area contributed by atoms with E-state index in [1.54, 1.807) is 13.0 Å². The lowest BCUT2D eigenvalue weighted by Crippen LogP contribution is -2.45. The van der Waals surface area contributed by atoms with Gasteiger partial charge in [0, 0.05) is 23.2 Å². The molecule has 0 spiro atoms. The predicted octanol–water partition coefficient (Wildman–Crippen LogP) is 3.87. The lowest BCUT2D eigenvalue weighted by molar-refractivity contribution is -0.119. The Balaban J connectivity index is 1.64. The number of nitrogens with zero attached hydrogens (tertiary/aromatic N) is 3. The standard InChI is InChI=1S/C19H24ClN5O2S/c1-3-25-16(13-7-6-8-14(20)11-13)23-24-19(25)28-12(2)17(26)22-18(27)21-15-9-4-5-10-15/h6-8,11-12,15H,3-5,9-10H2,1-2H3,(H2,21,22,26,27)/t12-/m0/s1. The van der Waals surface area contributed by atoms with Crippen LogP contribution in [-0.4, -0.2) is 38.0 Å². The van der Waals surface area contributed by atoms with Crippen molar-refractivity contribution in [1.82, 2.24) is 25.4 Å². The van der Waals surface area contributed by atoms with Crippen molar-refractivity contribution in [3.8, 4) is 11.4 Å². The molecule has 0 radical (unpaired) electrons. The summed E-state index contributed by atoms with van der Waals surface area (Å²) in [5, 5.41) is 14.5. The van der Waals surface area contributed by atoms with Crippen molar-refractivity contribution in [1.29, 1.82) is 0 Å². The van der Waals surface area contributed by atoms with Crippen molar-refractivity contribution in [3.63, 3.8) is 0 Å². The fourth-order valence-electron chi connectivity index (χ4n) is 3.22. The van der Waals surface area contributed by atoms with Gasteiger partial charge in [-0.1, -0.05) is 48.3 Å². The van der Waals surface area contributed by atoms with Gasteiger partial charge in [-0.05, 0) is 38.8 Å². The van der Waals surface area contributed by atoms with E-state index in [0.717, 1.165) is 31.2 Å². The third kappa shape index (κ3) is 5.05. The number of carbonyl (C=O) groups excluding carboxylic acids is 2. The number of nitrogens with one attached hydrogen (secondary N) is 2. The summed E-state index contributed by atoms with van der Waals surface area (Å²) in [6.45, 7) is 4.38. The molecule has 1 fully saturated rings. The van der Waals surface area contributed by atoms with Crippen LogP contribution < -0.4 is 10.6 Å². The van der Waals surface area contributed by atoms with Crippen molar-refractivity contribution in [2.45, 2.75) is 62.5 Å². The summed E-state index contributed by atoms with van der Waals surface area (Å²) in [5.74, 6) is 0.342. The molecule has 2 aromatic rings. The van der Waals surface area contributed by atoms with Crippen LogP contribution in [0.5, 0.6) is 0 Å². The summed E-state index contributed by atoms with van der Waals surface area (Å²) in [5.41, 5.74) is 0.863. The largest absolute Gasteiger partial charge is 0.335 e. The van der Waals surface area contributed by atoms with E-state index < -0.39 is 11.3 Å². The van der Waals surface area contributed by atoms with Crippen molar-refractivity contribution in [2.75, 3.05) is 0 Å². The maximum Gasteiger partial charge on any atom is 0.321 e. The average molecular weight is 422 g/mol. The number of aromatic nitrogens is 3. The van der Waals surface area contributed by atoms with Crippen molar-refractivity contribution >= 4 is 35.3 Å². The number of hydrogen-bond acceptors (Lipinski definition) is 5. The molecule has 1 aromatic carbocycles. The SMILES string of the molecule is CCn1c(S[C@@H](C)C(=O)NC(=O)NC2CCCC2)nnc1-c1cccc(Cl)c1. The highest BCUT2D eigenvalue weighted by molar-refractivity contribution is 8.00. The van der Waals surface area contributed by atoms with E-state index in [4.69, 9.17) is 11.6 Å². The maximum absolute atomic E-state index is 12.4. The Hall–Kier alpha value is -2.06. The van der Waals surface area contributed by atoms with Gasteiger partial charge in [-0.2, -0.15) is 0 Å². The molecule has 28 heavy (non-hydrogen) atoms. The molecule has 150 valence electrons. The Labute approximate surface area is 173 Å². The van der Waals surface area contributed by atoms with Crippen LogP contribution in [0.25, 0.3) is 11.4 Å². The molecule has 0 aliphatic heterocycles. The minimum absolute atomic E-state index is 0.166. The molecule has 1 atom stereocenters. The van der Waals surface area contributed by atoms with E-state index in [2.05, 4.69) is 20.8 Å². The molecule has 0 bridgehead atoms. The molecule has 0 saturated heterocycles. The van der Waals surface area contributed by atoms with Gasteiger partial charge >= 0.3 is 6.03 Å². The molecular weight excluding hydrogens is 398 g/mol. The molecule has 1 aromatic heterocycles. The van der Waals surface area contributed by atoms with E-state index in [0.29, 0.717) is 22.5 Å². The van der Waals surface area contributed by atoms with Gasteiger partial charge in [0.2, 0.25) is 5.91 Å². The topological polar surface area (TPSA) is 88.9 Å². The van der Waals surface area contributed by atoms with Gasteiger partial charge < -0.3 is 9.88 Å². The Morgan fingerprint density at radius 1 is 1.32 bits per heavy atom. The molecule has 2 N–H and O–H groups in total. The van der Waals surface area contributed by atoms with E-state index in [1.165, 1.54) is 11.8 Å². The van der Waals surface area contributed by atoms with E-state index in [9.17, 15) is 9.59 Å². The average Bonchev–Trinajstić information content (AvgIpc) is 3.31. The van der Waals surface area contributed by atoms with Gasteiger partial charge in [0.05, 0.1) is 5.25 Å². The third-order valence-electron chi connectivity index (χ3n) is 4.69. The molecule has 9 heteroatoms. The van der Waals surface area contributed by atoms with Gasteiger partial charge in [-0.3, -0.25) is 10.1 Å². The molecule has 7 nitrogen and oxygen atoms in total. The predicted molar refractivity (Wildman–Crippen MR) is 110 cm³/mol. The summed E-state index contributed by atoms with van der Waals surface area (Å²) >= 11 is 7.35. The summed E-state index contributed by atoms with van der Waals surface area (Å²) < 4.78 is 1.93. The van der Waals surface area contributed by atoms with Crippen LogP contribution in [0.4, 0.5) is 4.79 Å². The third-order valence-corrected chi connectivity index (χ3v) is 6.01. The number of benzene rings is 1. The summed E-state index contributed by atoms with van der Waals surface area (Å²) in [6, 6.07) is 7.14. The highest BCUT2D eigenvalue weighted by Crippen LogP contribution is 2.28. The molecule has 1 heterocycles. The van der Waals surface area contributed by atoms with Crippen molar-refractivity contribution < 1.29 is 9.59 Å². The van der Waals surface area contributed by atoms with Gasteiger partial charge in [0.1, 0.15) is 0 Å². The zero-order valence-electron chi connectivity index (χ0n) is 15.9. The van der Waals surface area contributed by atoms with Gasteiger partial charge in [-0.25, -0.2) is 4.79 Å². The number of rotatable bonds is 6. The minimum Gasteiger partial charge on any atom is -0.335 e. The van der Waals surface area contributed by atoms with Crippen molar-refractivity contribution in [2.24, 2.45) is 0 Å². The van der Waals surface area contributed by atoms with Crippen LogP contribution in [-0.2, 0) is 11.3 Å². The first kappa shape index (κ1) is 20.7. The van der Waals surface area contributed by atoms with Crippen LogP contribution in [0.1, 0.15) is 39.5 Å². The summed E-state index contributed by atoms with van der Waals surface area (Å²) in [4.78, 5) is 24.4. The fourth-order valence-corrected chi connectivity index (χ4v) is 4.32. The van der Waals surface area contributed by atoms with Crippen LogP contribution >= 0.6 is 23.4 Å². The van der Waals surface area contributed by atoms with Gasteiger partial charge in [0.15, 0.2) is 11.0 Å². The maximum atomic E-state index is 12.4.